The average Bonchev–Trinajstić information content (AvgIpc) is 3.70. The topological polar surface area (TPSA) is 19.7 Å². The molecule has 0 aliphatic heterocycles. The molecule has 0 aliphatic rings. The largest absolute Gasteiger partial charge is 0.257 e. The molecule has 0 amide bonds. The van der Waals surface area contributed by atoms with Crippen LogP contribution in [-0.4, -0.2) is 4.98 Å². The number of imidazole rings is 1. The second-order valence-electron chi connectivity index (χ2n) is 19.0. The number of aromatic nitrogens is 2. The van der Waals surface area contributed by atoms with Crippen LogP contribution in [0.1, 0.15) is 334 Å². The standard InChI is InChI=1S/C54H106N2/c1-5-8-11-14-17-20-23-26-28-29-31-34-37-40-43-46-49-53(48-45-42-39-36-33-30-27-24-21-18-15-12-9-6-2)54-55-50-51-56(54)52(4)47-44-41-38-35-32-25-22-19-16-13-10-7-3/h50-53H,5-49H2,1-4H3/p+1. The molecule has 1 N–H and O–H groups in total. The third-order valence-electron chi connectivity index (χ3n) is 13.4. The first-order valence-electron chi connectivity index (χ1n) is 26.8. The minimum atomic E-state index is 0.615. The molecular weight excluding hydrogens is 677 g/mol. The molecule has 2 heteroatoms. The SMILES string of the molecule is CCCCCCCCCCCCCCCCCCC(CCCCCCCCCCCCCCCC)c1[nH]cc[n+]1C(C)CCCCCCCCCCCCCC. The summed E-state index contributed by atoms with van der Waals surface area (Å²) in [4.78, 5) is 3.80. The van der Waals surface area contributed by atoms with Gasteiger partial charge in [-0.2, -0.15) is 0 Å². The van der Waals surface area contributed by atoms with Crippen molar-refractivity contribution < 1.29 is 4.57 Å². The fourth-order valence-corrected chi connectivity index (χ4v) is 9.43. The second kappa shape index (κ2) is 43.8. The molecule has 0 spiro atoms. The van der Waals surface area contributed by atoms with Crippen molar-refractivity contribution in [1.29, 1.82) is 0 Å². The number of aromatic amines is 1. The maximum absolute atomic E-state index is 3.80. The first-order chi connectivity index (χ1) is 27.7. The smallest absolute Gasteiger partial charge is 0.247 e. The Kier molecular flexibility index (Phi) is 41.6. The van der Waals surface area contributed by atoms with Crippen molar-refractivity contribution >= 4 is 0 Å². The fourth-order valence-electron chi connectivity index (χ4n) is 9.43. The molecular formula is C54H107N2+. The molecule has 56 heavy (non-hydrogen) atoms. The highest BCUT2D eigenvalue weighted by Crippen LogP contribution is 2.28. The molecule has 1 aromatic rings. The van der Waals surface area contributed by atoms with Gasteiger partial charge in [-0.3, -0.25) is 0 Å². The molecule has 0 aromatic carbocycles. The van der Waals surface area contributed by atoms with Crippen LogP contribution in [0, 0.1) is 0 Å². The zero-order valence-corrected chi connectivity index (χ0v) is 39.6. The zero-order chi connectivity index (χ0) is 40.3. The quantitative estimate of drug-likeness (QED) is 0.0502. The third-order valence-corrected chi connectivity index (χ3v) is 13.4. The van der Waals surface area contributed by atoms with Gasteiger partial charge in [0.1, 0.15) is 12.4 Å². The molecule has 0 radical (unpaired) electrons. The van der Waals surface area contributed by atoms with Gasteiger partial charge in [0.05, 0.1) is 12.0 Å². The van der Waals surface area contributed by atoms with Crippen molar-refractivity contribution in [3.8, 4) is 0 Å². The van der Waals surface area contributed by atoms with E-state index in [9.17, 15) is 0 Å². The van der Waals surface area contributed by atoms with Crippen molar-refractivity contribution in [1.82, 2.24) is 4.98 Å². The number of nitrogens with one attached hydrogen (secondary N) is 1. The summed E-state index contributed by atoms with van der Waals surface area (Å²) in [6.45, 7) is 9.45. The van der Waals surface area contributed by atoms with Crippen LogP contribution in [-0.2, 0) is 0 Å². The predicted octanol–water partition coefficient (Wildman–Crippen LogP) is 19.6. The van der Waals surface area contributed by atoms with Crippen molar-refractivity contribution in [3.05, 3.63) is 18.2 Å². The van der Waals surface area contributed by atoms with Gasteiger partial charge in [0.25, 0.3) is 5.82 Å². The van der Waals surface area contributed by atoms with Crippen molar-refractivity contribution in [2.45, 2.75) is 329 Å². The number of rotatable bonds is 47. The summed E-state index contributed by atoms with van der Waals surface area (Å²) in [5.74, 6) is 2.26. The van der Waals surface area contributed by atoms with Gasteiger partial charge in [0.15, 0.2) is 0 Å². The first kappa shape index (κ1) is 53.2. The van der Waals surface area contributed by atoms with E-state index in [-0.39, 0.29) is 0 Å². The van der Waals surface area contributed by atoms with Gasteiger partial charge in [-0.1, -0.05) is 284 Å². The molecule has 0 fully saturated rings. The lowest BCUT2D eigenvalue weighted by atomic mass is 9.92. The molecule has 0 saturated carbocycles. The molecule has 0 aliphatic carbocycles. The monoisotopic (exact) mass is 784 g/mol. The maximum Gasteiger partial charge on any atom is 0.257 e. The molecule has 2 atom stereocenters. The van der Waals surface area contributed by atoms with Crippen molar-refractivity contribution in [3.63, 3.8) is 0 Å². The lowest BCUT2D eigenvalue weighted by Gasteiger charge is -2.17. The van der Waals surface area contributed by atoms with Gasteiger partial charge in [-0.05, 0) is 32.6 Å². The fraction of sp³-hybridized carbons (Fsp3) is 0.944. The number of unbranched alkanes of at least 4 members (excludes halogenated alkanes) is 39. The lowest BCUT2D eigenvalue weighted by Crippen LogP contribution is -2.41. The van der Waals surface area contributed by atoms with Gasteiger partial charge in [0.2, 0.25) is 0 Å². The highest BCUT2D eigenvalue weighted by molar-refractivity contribution is 4.90. The Morgan fingerprint density at radius 2 is 0.571 bits per heavy atom. The van der Waals surface area contributed by atoms with E-state index in [2.05, 4.69) is 49.6 Å². The van der Waals surface area contributed by atoms with E-state index in [1.54, 1.807) is 5.82 Å². The van der Waals surface area contributed by atoms with Gasteiger partial charge in [0, 0.05) is 0 Å². The predicted molar refractivity (Wildman–Crippen MR) is 253 cm³/mol. The average molecular weight is 784 g/mol. The van der Waals surface area contributed by atoms with Crippen LogP contribution >= 0.6 is 0 Å². The Morgan fingerprint density at radius 3 is 0.839 bits per heavy atom. The summed E-state index contributed by atoms with van der Waals surface area (Å²) >= 11 is 0. The lowest BCUT2D eigenvalue weighted by molar-refractivity contribution is -0.727. The number of H-pyrrole nitrogens is 1. The highest BCUT2D eigenvalue weighted by atomic mass is 15.1. The molecule has 332 valence electrons. The van der Waals surface area contributed by atoms with Gasteiger partial charge < -0.3 is 0 Å². The summed E-state index contributed by atoms with van der Waals surface area (Å²) < 4.78 is 2.67. The van der Waals surface area contributed by atoms with Crippen LogP contribution in [0.15, 0.2) is 12.4 Å². The minimum Gasteiger partial charge on any atom is -0.247 e. The van der Waals surface area contributed by atoms with E-state index >= 15 is 0 Å². The van der Waals surface area contributed by atoms with Gasteiger partial charge in [-0.15, -0.1) is 0 Å². The van der Waals surface area contributed by atoms with E-state index in [0.717, 1.165) is 0 Å². The molecule has 1 rings (SSSR count). The molecule has 2 unspecified atom stereocenters. The summed E-state index contributed by atoms with van der Waals surface area (Å²) in [7, 11) is 0. The van der Waals surface area contributed by atoms with E-state index in [0.29, 0.717) is 12.0 Å². The maximum atomic E-state index is 3.80. The van der Waals surface area contributed by atoms with Crippen molar-refractivity contribution in [2.24, 2.45) is 0 Å². The van der Waals surface area contributed by atoms with E-state index in [4.69, 9.17) is 0 Å². The molecule has 2 nitrogen and oxygen atoms in total. The summed E-state index contributed by atoms with van der Waals surface area (Å²) in [6, 6.07) is 0.615. The second-order valence-corrected chi connectivity index (χ2v) is 19.0. The van der Waals surface area contributed by atoms with Crippen LogP contribution in [0.4, 0.5) is 0 Å². The Hall–Kier alpha value is -0.790. The molecule has 1 heterocycles. The number of nitrogens with zero attached hydrogens (tertiary/aromatic N) is 1. The van der Waals surface area contributed by atoms with Crippen LogP contribution in [0.2, 0.25) is 0 Å². The Labute approximate surface area is 355 Å². The number of hydrogen-bond acceptors (Lipinski definition) is 0. The molecule has 0 bridgehead atoms. The Bertz CT molecular complexity index is 858. The van der Waals surface area contributed by atoms with E-state index in [1.807, 2.05) is 0 Å². The van der Waals surface area contributed by atoms with E-state index < -0.39 is 0 Å². The zero-order valence-electron chi connectivity index (χ0n) is 39.6. The highest BCUT2D eigenvalue weighted by Gasteiger charge is 2.25. The van der Waals surface area contributed by atoms with E-state index in [1.165, 1.54) is 289 Å². The first-order valence-corrected chi connectivity index (χ1v) is 26.8. The van der Waals surface area contributed by atoms with Crippen LogP contribution in [0.25, 0.3) is 0 Å². The molecule has 1 aromatic heterocycles. The Morgan fingerprint density at radius 1 is 0.339 bits per heavy atom. The number of hydrogen-bond donors (Lipinski definition) is 1. The van der Waals surface area contributed by atoms with Crippen LogP contribution < -0.4 is 4.57 Å². The van der Waals surface area contributed by atoms with Gasteiger partial charge in [-0.25, -0.2) is 9.55 Å². The molecule has 0 saturated heterocycles. The van der Waals surface area contributed by atoms with Crippen LogP contribution in [0.3, 0.4) is 0 Å². The summed E-state index contributed by atoms with van der Waals surface area (Å²) in [5.41, 5.74) is 0. The summed E-state index contributed by atoms with van der Waals surface area (Å²) in [6.07, 6.45) is 69.5. The Balaban J connectivity index is 2.35. The van der Waals surface area contributed by atoms with Crippen molar-refractivity contribution in [2.75, 3.05) is 0 Å². The third kappa shape index (κ3) is 34.1. The summed E-state index contributed by atoms with van der Waals surface area (Å²) in [5, 5.41) is 0. The van der Waals surface area contributed by atoms with Gasteiger partial charge >= 0.3 is 0 Å². The normalized spacial score (nSPS) is 12.9. The minimum absolute atomic E-state index is 0.615. The van der Waals surface area contributed by atoms with Crippen LogP contribution in [0.5, 0.6) is 0 Å².